The number of Topliss-reactive ketones (excluding diaryl/α,β-unsaturated/α-hetero) is 1. The fourth-order valence-corrected chi connectivity index (χ4v) is 4.89. The van der Waals surface area contributed by atoms with Gasteiger partial charge in [0.1, 0.15) is 22.1 Å². The Kier molecular flexibility index (Phi) is 5.92. The summed E-state index contributed by atoms with van der Waals surface area (Å²) in [5.41, 5.74) is 4.10. The molecule has 2 heterocycles. The number of aryl methyl sites for hydroxylation is 1. The van der Waals surface area contributed by atoms with Gasteiger partial charge in [-0.15, -0.1) is 21.5 Å². The van der Waals surface area contributed by atoms with Crippen LogP contribution in [0.2, 0.25) is 0 Å². The van der Waals surface area contributed by atoms with Crippen molar-refractivity contribution in [3.63, 3.8) is 0 Å². The van der Waals surface area contributed by atoms with Crippen molar-refractivity contribution in [1.82, 2.24) is 15.2 Å². The van der Waals surface area contributed by atoms with E-state index in [0.717, 1.165) is 20.8 Å². The number of nitrogens with zero attached hydrogens (tertiary/aromatic N) is 3. The van der Waals surface area contributed by atoms with Crippen molar-refractivity contribution in [2.75, 3.05) is 5.75 Å². The van der Waals surface area contributed by atoms with Crippen LogP contribution in [0, 0.1) is 12.7 Å². The topological polar surface area (TPSA) is 55.7 Å². The van der Waals surface area contributed by atoms with Crippen molar-refractivity contribution in [2.24, 2.45) is 0 Å². The molecule has 0 saturated heterocycles. The maximum absolute atomic E-state index is 13.3. The summed E-state index contributed by atoms with van der Waals surface area (Å²) in [6.07, 6.45) is 0. The van der Waals surface area contributed by atoms with Crippen molar-refractivity contribution in [2.45, 2.75) is 31.7 Å². The molecule has 4 aromatic rings. The smallest absolute Gasteiger partial charge is 0.173 e. The van der Waals surface area contributed by atoms with Gasteiger partial charge in [0.25, 0.3) is 0 Å². The molecule has 2 aromatic carbocycles. The number of thioether (sulfide) groups is 1. The van der Waals surface area contributed by atoms with E-state index < -0.39 is 0 Å². The second kappa shape index (κ2) is 8.62. The van der Waals surface area contributed by atoms with Gasteiger partial charge in [0.15, 0.2) is 5.78 Å². The lowest BCUT2D eigenvalue weighted by Gasteiger charge is -2.07. The Morgan fingerprint density at radius 1 is 1.07 bits per heavy atom. The minimum atomic E-state index is -0.296. The first kappa shape index (κ1) is 20.6. The van der Waals surface area contributed by atoms with E-state index in [4.69, 9.17) is 0 Å². The molecule has 0 aliphatic carbocycles. The van der Waals surface area contributed by atoms with Crippen LogP contribution in [-0.2, 0) is 0 Å². The summed E-state index contributed by atoms with van der Waals surface area (Å²) in [6, 6.07) is 13.9. The zero-order valence-electron chi connectivity index (χ0n) is 16.8. The first-order valence-corrected chi connectivity index (χ1v) is 11.4. The van der Waals surface area contributed by atoms with Crippen molar-refractivity contribution in [3.05, 3.63) is 70.5 Å². The number of carbonyl (C=O) groups is 1. The lowest BCUT2D eigenvalue weighted by Crippen LogP contribution is -2.03. The molecule has 0 amide bonds. The molecular formula is C23H20FN3OS2. The first-order valence-electron chi connectivity index (χ1n) is 9.58. The van der Waals surface area contributed by atoms with E-state index in [1.807, 2.05) is 31.2 Å². The van der Waals surface area contributed by atoms with Gasteiger partial charge >= 0.3 is 0 Å². The summed E-state index contributed by atoms with van der Waals surface area (Å²) in [5, 5.41) is 10.2. The number of carbonyl (C=O) groups excluding carboxylic acids is 1. The van der Waals surface area contributed by atoms with Gasteiger partial charge < -0.3 is 0 Å². The highest BCUT2D eigenvalue weighted by molar-refractivity contribution is 8.00. The molecule has 0 N–H and O–H groups in total. The van der Waals surface area contributed by atoms with Gasteiger partial charge in [-0.05, 0) is 42.7 Å². The minimum absolute atomic E-state index is 0.0415. The van der Waals surface area contributed by atoms with E-state index in [9.17, 15) is 9.18 Å². The number of hydrogen-bond donors (Lipinski definition) is 0. The molecule has 0 radical (unpaired) electrons. The predicted octanol–water partition coefficient (Wildman–Crippen LogP) is 6.30. The molecule has 7 heteroatoms. The molecule has 0 bridgehead atoms. The lowest BCUT2D eigenvalue weighted by molar-refractivity contribution is 0.102. The zero-order chi connectivity index (χ0) is 21.3. The van der Waals surface area contributed by atoms with Crippen LogP contribution in [0.25, 0.3) is 21.5 Å². The highest BCUT2D eigenvalue weighted by atomic mass is 32.2. The molecule has 4 rings (SSSR count). The van der Waals surface area contributed by atoms with Crippen molar-refractivity contribution >= 4 is 39.1 Å². The summed E-state index contributed by atoms with van der Waals surface area (Å²) >= 11 is 2.87. The first-order chi connectivity index (χ1) is 14.4. The third kappa shape index (κ3) is 4.27. The van der Waals surface area contributed by atoms with Crippen LogP contribution in [0.15, 0.2) is 53.6 Å². The Hall–Kier alpha value is -2.64. The highest BCUT2D eigenvalue weighted by Crippen LogP contribution is 2.35. The second-order valence-electron chi connectivity index (χ2n) is 7.26. The van der Waals surface area contributed by atoms with Gasteiger partial charge in [-0.2, -0.15) is 0 Å². The largest absolute Gasteiger partial charge is 0.293 e. The molecule has 0 atom stereocenters. The Balaban J connectivity index is 1.58. The Morgan fingerprint density at radius 2 is 1.77 bits per heavy atom. The molecule has 0 saturated carbocycles. The van der Waals surface area contributed by atoms with Gasteiger partial charge in [-0.1, -0.05) is 49.9 Å². The molecule has 0 aliphatic rings. The van der Waals surface area contributed by atoms with Crippen LogP contribution in [0.3, 0.4) is 0 Å². The summed E-state index contributed by atoms with van der Waals surface area (Å²) in [4.78, 5) is 17.2. The van der Waals surface area contributed by atoms with E-state index >= 15 is 0 Å². The molecule has 0 unspecified atom stereocenters. The number of fused-ring (bicyclic) bond motifs is 1. The predicted molar refractivity (Wildman–Crippen MR) is 121 cm³/mol. The van der Waals surface area contributed by atoms with Gasteiger partial charge in [0.05, 0.1) is 15.5 Å². The molecule has 4 nitrogen and oxygen atoms in total. The third-order valence-electron chi connectivity index (χ3n) is 4.75. The SMILES string of the molecule is Cc1nc2c(SCC(=O)c3ccc(C(C)C)cc3)nnc(-c3ccc(F)cc3)c2s1. The standard InChI is InChI=1S/C23H20FN3OS2/c1-13(2)15-4-6-16(7-5-15)19(28)12-29-23-21-22(30-14(3)25-21)20(26-27-23)17-8-10-18(24)11-9-17/h4-11,13H,12H2,1-3H3. The van der Waals surface area contributed by atoms with E-state index in [-0.39, 0.29) is 17.4 Å². The normalized spacial score (nSPS) is 11.4. The molecular weight excluding hydrogens is 417 g/mol. The fourth-order valence-electron chi connectivity index (χ4n) is 3.09. The number of benzene rings is 2. The average Bonchev–Trinajstić information content (AvgIpc) is 3.14. The zero-order valence-corrected chi connectivity index (χ0v) is 18.5. The quantitative estimate of drug-likeness (QED) is 0.262. The van der Waals surface area contributed by atoms with Gasteiger partial charge in [0.2, 0.25) is 0 Å². The number of thiazole rings is 1. The molecule has 152 valence electrons. The van der Waals surface area contributed by atoms with Crippen molar-refractivity contribution in [1.29, 1.82) is 0 Å². The monoisotopic (exact) mass is 437 g/mol. The number of hydrogen-bond acceptors (Lipinski definition) is 6. The molecule has 2 aromatic heterocycles. The molecule has 0 spiro atoms. The maximum Gasteiger partial charge on any atom is 0.173 e. The van der Waals surface area contributed by atoms with Crippen LogP contribution in [0.5, 0.6) is 0 Å². The summed E-state index contributed by atoms with van der Waals surface area (Å²) < 4.78 is 14.2. The maximum atomic E-state index is 13.3. The van der Waals surface area contributed by atoms with Crippen molar-refractivity contribution < 1.29 is 9.18 Å². The molecule has 30 heavy (non-hydrogen) atoms. The van der Waals surface area contributed by atoms with Crippen LogP contribution in [0.1, 0.15) is 40.7 Å². The highest BCUT2D eigenvalue weighted by Gasteiger charge is 2.17. The van der Waals surface area contributed by atoms with E-state index in [2.05, 4.69) is 29.0 Å². The van der Waals surface area contributed by atoms with Gasteiger partial charge in [-0.25, -0.2) is 9.37 Å². The van der Waals surface area contributed by atoms with Crippen LogP contribution in [-0.4, -0.2) is 26.7 Å². The van der Waals surface area contributed by atoms with E-state index in [1.165, 1.54) is 40.8 Å². The summed E-state index contributed by atoms with van der Waals surface area (Å²) in [7, 11) is 0. The molecule has 0 fully saturated rings. The second-order valence-corrected chi connectivity index (χ2v) is 9.43. The number of aromatic nitrogens is 3. The minimum Gasteiger partial charge on any atom is -0.293 e. The average molecular weight is 438 g/mol. The number of halogens is 1. The Morgan fingerprint density at radius 3 is 2.43 bits per heavy atom. The number of ketones is 1. The van der Waals surface area contributed by atoms with E-state index in [0.29, 0.717) is 22.2 Å². The third-order valence-corrected chi connectivity index (χ3v) is 6.68. The summed E-state index contributed by atoms with van der Waals surface area (Å²) in [6.45, 7) is 6.18. The number of rotatable bonds is 6. The molecule has 0 aliphatic heterocycles. The summed E-state index contributed by atoms with van der Waals surface area (Å²) in [5.74, 6) is 0.437. The van der Waals surface area contributed by atoms with Gasteiger partial charge in [-0.3, -0.25) is 4.79 Å². The van der Waals surface area contributed by atoms with Crippen molar-refractivity contribution in [3.8, 4) is 11.3 Å². The Bertz CT molecular complexity index is 1200. The van der Waals surface area contributed by atoms with Gasteiger partial charge in [0, 0.05) is 11.1 Å². The lowest BCUT2D eigenvalue weighted by atomic mass is 10.0. The van der Waals surface area contributed by atoms with E-state index in [1.54, 1.807) is 12.1 Å². The van der Waals surface area contributed by atoms with Crippen LogP contribution < -0.4 is 0 Å². The fraction of sp³-hybridized carbons (Fsp3) is 0.217. The van der Waals surface area contributed by atoms with Crippen LogP contribution >= 0.6 is 23.1 Å². The van der Waals surface area contributed by atoms with Crippen LogP contribution in [0.4, 0.5) is 4.39 Å². The Labute approximate surface area is 182 Å².